The van der Waals surface area contributed by atoms with Crippen molar-refractivity contribution < 1.29 is 24.2 Å². The first-order valence-corrected chi connectivity index (χ1v) is 10.9. The summed E-state index contributed by atoms with van der Waals surface area (Å²) in [6, 6.07) is 0. The Hall–Kier alpha value is -1.75. The lowest BCUT2D eigenvalue weighted by molar-refractivity contribution is -0.167. The summed E-state index contributed by atoms with van der Waals surface area (Å²) in [5.41, 5.74) is 0.541. The molecule has 0 heterocycles. The predicted molar refractivity (Wildman–Crippen MR) is 108 cm³/mol. The van der Waals surface area contributed by atoms with Crippen LogP contribution in [0.3, 0.4) is 0 Å². The Morgan fingerprint density at radius 2 is 2.00 bits per heavy atom. The van der Waals surface area contributed by atoms with Crippen LogP contribution in [0.25, 0.3) is 0 Å². The van der Waals surface area contributed by atoms with Crippen LogP contribution in [0.1, 0.15) is 66.2 Å². The molecule has 158 valence electrons. The van der Waals surface area contributed by atoms with Gasteiger partial charge in [-0.25, -0.2) is 0 Å². The van der Waals surface area contributed by atoms with Gasteiger partial charge in [0.05, 0.1) is 0 Å². The first-order valence-electron chi connectivity index (χ1n) is 10.9. The van der Waals surface area contributed by atoms with Crippen molar-refractivity contribution in [1.29, 1.82) is 0 Å². The minimum Gasteiger partial charge on any atom is -0.458 e. The number of aliphatic hydroxyl groups is 1. The van der Waals surface area contributed by atoms with E-state index >= 15 is 0 Å². The Bertz CT molecular complexity index is 838. The highest BCUT2D eigenvalue weighted by Gasteiger charge is 2.67. The van der Waals surface area contributed by atoms with Crippen LogP contribution in [-0.4, -0.2) is 34.9 Å². The zero-order valence-electron chi connectivity index (χ0n) is 17.9. The topological polar surface area (TPSA) is 80.7 Å². The molecule has 2 fully saturated rings. The standard InChI is InChI=1S/C24H32O5/c1-14-11-20-18-6-5-16-12-17(26)7-9-22(16,3)19(18)8-10-23(20,4)24(14,28)21(27)13-29-15(2)25/h8,12,14,18,20,28H,5-7,9-11,13H2,1-4H3/t14-,18+,20-,22-,23-,24-/m0/s1. The second kappa shape index (κ2) is 6.63. The summed E-state index contributed by atoms with van der Waals surface area (Å²) in [5.74, 6) is -0.315. The van der Waals surface area contributed by atoms with Crippen LogP contribution >= 0.6 is 0 Å². The Balaban J connectivity index is 1.70. The highest BCUT2D eigenvalue weighted by atomic mass is 16.5. The summed E-state index contributed by atoms with van der Waals surface area (Å²) in [4.78, 5) is 36.2. The summed E-state index contributed by atoms with van der Waals surface area (Å²) < 4.78 is 4.95. The maximum atomic E-state index is 13.0. The Kier molecular flexibility index (Phi) is 4.69. The van der Waals surface area contributed by atoms with E-state index in [1.807, 2.05) is 19.9 Å². The maximum absolute atomic E-state index is 13.0. The average molecular weight is 401 g/mol. The van der Waals surface area contributed by atoms with E-state index in [4.69, 9.17) is 4.74 Å². The number of ether oxygens (including phenoxy) is 1. The number of allylic oxidation sites excluding steroid dienone is 4. The van der Waals surface area contributed by atoms with Gasteiger partial charge in [-0.2, -0.15) is 0 Å². The summed E-state index contributed by atoms with van der Waals surface area (Å²) in [5, 5.41) is 11.7. The molecule has 4 aliphatic rings. The van der Waals surface area contributed by atoms with Crippen LogP contribution in [0.4, 0.5) is 0 Å². The number of fused-ring (bicyclic) bond motifs is 5. The van der Waals surface area contributed by atoms with E-state index in [0.717, 1.165) is 25.7 Å². The highest BCUT2D eigenvalue weighted by Crippen LogP contribution is 2.66. The highest BCUT2D eigenvalue weighted by molar-refractivity contribution is 5.92. The molecule has 6 atom stereocenters. The Labute approximate surface area is 172 Å². The minimum absolute atomic E-state index is 0.0656. The normalized spacial score (nSPS) is 43.5. The van der Waals surface area contributed by atoms with Gasteiger partial charge in [0.15, 0.2) is 12.4 Å². The summed E-state index contributed by atoms with van der Waals surface area (Å²) in [7, 11) is 0. The fourth-order valence-corrected chi connectivity index (χ4v) is 7.07. The van der Waals surface area contributed by atoms with E-state index in [-0.39, 0.29) is 35.4 Å². The SMILES string of the molecule is CC(=O)OCC(=O)[C@@]1(O)[C@@H](C)C[C@H]2[C@@H]3CCC4=CC(=O)CC[C@]4(C)C3=CC[C@@]21C. The average Bonchev–Trinajstić information content (AvgIpc) is 2.88. The summed E-state index contributed by atoms with van der Waals surface area (Å²) >= 11 is 0. The fourth-order valence-electron chi connectivity index (χ4n) is 7.07. The van der Waals surface area contributed by atoms with Gasteiger partial charge in [-0.1, -0.05) is 38.0 Å². The smallest absolute Gasteiger partial charge is 0.303 e. The lowest BCUT2D eigenvalue weighted by atomic mass is 9.50. The molecule has 5 heteroatoms. The third kappa shape index (κ3) is 2.73. The van der Waals surface area contributed by atoms with Gasteiger partial charge in [-0.15, -0.1) is 0 Å². The van der Waals surface area contributed by atoms with Crippen LogP contribution < -0.4 is 0 Å². The minimum atomic E-state index is -1.49. The van der Waals surface area contributed by atoms with Crippen LogP contribution in [-0.2, 0) is 19.1 Å². The van der Waals surface area contributed by atoms with Gasteiger partial charge in [0.25, 0.3) is 0 Å². The number of hydrogen-bond acceptors (Lipinski definition) is 5. The molecule has 0 aliphatic heterocycles. The molecule has 5 nitrogen and oxygen atoms in total. The van der Waals surface area contributed by atoms with Crippen LogP contribution in [0, 0.1) is 28.6 Å². The molecule has 0 amide bonds. The number of carbonyl (C=O) groups excluding carboxylic acids is 3. The van der Waals surface area contributed by atoms with Crippen molar-refractivity contribution >= 4 is 17.5 Å². The molecule has 0 unspecified atom stereocenters. The van der Waals surface area contributed by atoms with Gasteiger partial charge in [0.2, 0.25) is 5.78 Å². The molecule has 0 aromatic heterocycles. The monoisotopic (exact) mass is 400 g/mol. The largest absolute Gasteiger partial charge is 0.458 e. The van der Waals surface area contributed by atoms with E-state index in [9.17, 15) is 19.5 Å². The van der Waals surface area contributed by atoms with Crippen molar-refractivity contribution in [3.05, 3.63) is 23.3 Å². The van der Waals surface area contributed by atoms with Gasteiger partial charge in [0.1, 0.15) is 5.60 Å². The van der Waals surface area contributed by atoms with Gasteiger partial charge >= 0.3 is 5.97 Å². The predicted octanol–water partition coefficient (Wildman–Crippen LogP) is 3.55. The van der Waals surface area contributed by atoms with Gasteiger partial charge in [-0.3, -0.25) is 14.4 Å². The Morgan fingerprint density at radius 3 is 2.69 bits per heavy atom. The first-order chi connectivity index (χ1) is 13.5. The van der Waals surface area contributed by atoms with Gasteiger partial charge in [0, 0.05) is 24.2 Å². The molecule has 0 saturated heterocycles. The van der Waals surface area contributed by atoms with Crippen molar-refractivity contribution in [3.63, 3.8) is 0 Å². The third-order valence-corrected chi connectivity index (χ3v) is 8.75. The molecule has 0 spiro atoms. The van der Waals surface area contributed by atoms with E-state index in [1.165, 1.54) is 18.1 Å². The zero-order valence-corrected chi connectivity index (χ0v) is 17.9. The third-order valence-electron chi connectivity index (χ3n) is 8.75. The van der Waals surface area contributed by atoms with Crippen molar-refractivity contribution in [2.45, 2.75) is 71.8 Å². The summed E-state index contributed by atoms with van der Waals surface area (Å²) in [6.07, 6.45) is 8.85. The molecule has 1 N–H and O–H groups in total. The van der Waals surface area contributed by atoms with Crippen LogP contribution in [0.15, 0.2) is 23.3 Å². The molecule has 0 bridgehead atoms. The number of rotatable bonds is 3. The lowest BCUT2D eigenvalue weighted by Crippen LogP contribution is -2.57. The van der Waals surface area contributed by atoms with Crippen molar-refractivity contribution in [2.24, 2.45) is 28.6 Å². The van der Waals surface area contributed by atoms with Crippen molar-refractivity contribution in [2.75, 3.05) is 6.61 Å². The Morgan fingerprint density at radius 1 is 1.28 bits per heavy atom. The number of esters is 1. The van der Waals surface area contributed by atoms with E-state index in [2.05, 4.69) is 13.0 Å². The molecule has 0 aromatic carbocycles. The quantitative estimate of drug-likeness (QED) is 0.579. The van der Waals surface area contributed by atoms with E-state index in [0.29, 0.717) is 18.8 Å². The molecule has 4 rings (SSSR count). The van der Waals surface area contributed by atoms with Crippen molar-refractivity contribution in [3.8, 4) is 0 Å². The second-order valence-electron chi connectivity index (χ2n) is 10.1. The molecule has 0 aromatic rings. The van der Waals surface area contributed by atoms with Crippen LogP contribution in [0.2, 0.25) is 0 Å². The van der Waals surface area contributed by atoms with E-state index in [1.54, 1.807) is 0 Å². The van der Waals surface area contributed by atoms with E-state index < -0.39 is 17.0 Å². The first kappa shape index (κ1) is 20.5. The van der Waals surface area contributed by atoms with Gasteiger partial charge < -0.3 is 9.84 Å². The number of ketones is 2. The molecule has 4 aliphatic carbocycles. The number of Topliss-reactive ketones (excluding diaryl/α,β-unsaturated/α-hetero) is 1. The molecule has 0 radical (unpaired) electrons. The van der Waals surface area contributed by atoms with Crippen LogP contribution in [0.5, 0.6) is 0 Å². The molecule has 2 saturated carbocycles. The molecule has 29 heavy (non-hydrogen) atoms. The maximum Gasteiger partial charge on any atom is 0.303 e. The molecular weight excluding hydrogens is 368 g/mol. The molecular formula is C24H32O5. The van der Waals surface area contributed by atoms with Crippen molar-refractivity contribution in [1.82, 2.24) is 0 Å². The number of carbonyl (C=O) groups is 3. The fraction of sp³-hybridized carbons (Fsp3) is 0.708. The lowest BCUT2D eigenvalue weighted by Gasteiger charge is -2.54. The summed E-state index contributed by atoms with van der Waals surface area (Å²) in [6.45, 7) is 7.16. The van der Waals surface area contributed by atoms with Gasteiger partial charge in [-0.05, 0) is 55.9 Å². The second-order valence-corrected chi connectivity index (χ2v) is 10.1. The number of hydrogen-bond donors (Lipinski definition) is 1. The zero-order chi connectivity index (χ0) is 21.2.